The van der Waals surface area contributed by atoms with E-state index in [2.05, 4.69) is 30.9 Å². The van der Waals surface area contributed by atoms with Crippen LogP contribution in [0.5, 0.6) is 5.75 Å². The maximum atomic E-state index is 11.8. The van der Waals surface area contributed by atoms with Gasteiger partial charge >= 0.3 is 0 Å². The molecule has 3 rings (SSSR count). The molecule has 0 aliphatic rings. The van der Waals surface area contributed by atoms with Crippen molar-refractivity contribution in [1.82, 2.24) is 20.3 Å². The van der Waals surface area contributed by atoms with E-state index in [1.165, 1.54) is 6.33 Å². The standard InChI is InChI=1S/C20H22N6O2/c1-15-7-8-21-18(11-15)26-19-12-17(24-14-25-19)22-9-10-23-20(27)13-28-16-5-3-2-4-6-16/h2-8,11-12,14H,9-10,13H2,1H3,(H,23,27)(H2,21,22,24,25,26). The lowest BCUT2D eigenvalue weighted by molar-refractivity contribution is -0.123. The predicted molar refractivity (Wildman–Crippen MR) is 108 cm³/mol. The number of benzene rings is 1. The zero-order chi connectivity index (χ0) is 19.6. The van der Waals surface area contributed by atoms with Gasteiger partial charge in [-0.05, 0) is 36.8 Å². The number of anilines is 3. The molecule has 2 heterocycles. The first-order chi connectivity index (χ1) is 13.7. The van der Waals surface area contributed by atoms with E-state index in [1.807, 2.05) is 49.4 Å². The topological polar surface area (TPSA) is 101 Å². The van der Waals surface area contributed by atoms with Gasteiger partial charge in [-0.25, -0.2) is 15.0 Å². The van der Waals surface area contributed by atoms with Crippen LogP contribution in [-0.4, -0.2) is 40.6 Å². The molecule has 0 spiro atoms. The summed E-state index contributed by atoms with van der Waals surface area (Å²) in [7, 11) is 0. The maximum absolute atomic E-state index is 11.8. The number of nitrogens with zero attached hydrogens (tertiary/aromatic N) is 3. The van der Waals surface area contributed by atoms with Gasteiger partial charge in [-0.15, -0.1) is 0 Å². The molecule has 3 N–H and O–H groups in total. The minimum Gasteiger partial charge on any atom is -0.484 e. The Labute approximate surface area is 163 Å². The van der Waals surface area contributed by atoms with Crippen LogP contribution >= 0.6 is 0 Å². The van der Waals surface area contributed by atoms with E-state index in [-0.39, 0.29) is 12.5 Å². The lowest BCUT2D eigenvalue weighted by Crippen LogP contribution is -2.32. The molecule has 0 fully saturated rings. The van der Waals surface area contributed by atoms with Crippen molar-refractivity contribution in [3.63, 3.8) is 0 Å². The molecule has 0 unspecified atom stereocenters. The molecule has 0 aliphatic carbocycles. The van der Waals surface area contributed by atoms with Gasteiger partial charge in [0, 0.05) is 25.4 Å². The summed E-state index contributed by atoms with van der Waals surface area (Å²) < 4.78 is 5.40. The largest absolute Gasteiger partial charge is 0.484 e. The van der Waals surface area contributed by atoms with Crippen LogP contribution in [-0.2, 0) is 4.79 Å². The molecule has 8 nitrogen and oxygen atoms in total. The van der Waals surface area contributed by atoms with Gasteiger partial charge in [0.2, 0.25) is 0 Å². The summed E-state index contributed by atoms with van der Waals surface area (Å²) >= 11 is 0. The van der Waals surface area contributed by atoms with Gasteiger partial charge in [-0.1, -0.05) is 18.2 Å². The average Bonchev–Trinajstić information content (AvgIpc) is 2.71. The van der Waals surface area contributed by atoms with Gasteiger partial charge in [0.15, 0.2) is 6.61 Å². The number of para-hydroxylation sites is 1. The summed E-state index contributed by atoms with van der Waals surface area (Å²) in [6, 6.07) is 14.9. The molecular weight excluding hydrogens is 356 g/mol. The van der Waals surface area contributed by atoms with Gasteiger partial charge in [-0.2, -0.15) is 0 Å². The Bertz CT molecular complexity index is 904. The van der Waals surface area contributed by atoms with Crippen LogP contribution in [0.25, 0.3) is 0 Å². The number of carbonyl (C=O) groups is 1. The van der Waals surface area contributed by atoms with E-state index < -0.39 is 0 Å². The second kappa shape index (κ2) is 9.86. The van der Waals surface area contributed by atoms with Gasteiger partial charge in [0.25, 0.3) is 5.91 Å². The fraction of sp³-hybridized carbons (Fsp3) is 0.200. The van der Waals surface area contributed by atoms with Crippen LogP contribution in [0.3, 0.4) is 0 Å². The number of nitrogens with one attached hydrogen (secondary N) is 3. The second-order valence-corrected chi connectivity index (χ2v) is 6.01. The molecule has 144 valence electrons. The fourth-order valence-electron chi connectivity index (χ4n) is 2.37. The highest BCUT2D eigenvalue weighted by Crippen LogP contribution is 2.14. The Morgan fingerprint density at radius 3 is 2.57 bits per heavy atom. The Morgan fingerprint density at radius 1 is 0.964 bits per heavy atom. The van der Waals surface area contributed by atoms with Crippen molar-refractivity contribution in [2.45, 2.75) is 6.92 Å². The third-order valence-electron chi connectivity index (χ3n) is 3.71. The smallest absolute Gasteiger partial charge is 0.258 e. The lowest BCUT2D eigenvalue weighted by atomic mass is 10.3. The van der Waals surface area contributed by atoms with Crippen LogP contribution in [0.2, 0.25) is 0 Å². The van der Waals surface area contributed by atoms with Crippen molar-refractivity contribution >= 4 is 23.4 Å². The van der Waals surface area contributed by atoms with E-state index in [9.17, 15) is 4.79 Å². The Hall–Kier alpha value is -3.68. The maximum Gasteiger partial charge on any atom is 0.258 e. The molecule has 8 heteroatoms. The van der Waals surface area contributed by atoms with Gasteiger partial charge < -0.3 is 20.7 Å². The van der Waals surface area contributed by atoms with E-state index in [4.69, 9.17) is 4.74 Å². The Balaban J connectivity index is 1.39. The summed E-state index contributed by atoms with van der Waals surface area (Å²) in [5.41, 5.74) is 1.11. The lowest BCUT2D eigenvalue weighted by Gasteiger charge is -2.10. The minimum atomic E-state index is -0.179. The number of pyridine rings is 1. The number of rotatable bonds is 9. The average molecular weight is 378 g/mol. The number of hydrogen-bond acceptors (Lipinski definition) is 7. The zero-order valence-corrected chi connectivity index (χ0v) is 15.6. The van der Waals surface area contributed by atoms with Crippen molar-refractivity contribution < 1.29 is 9.53 Å². The summed E-state index contributed by atoms with van der Waals surface area (Å²) in [4.78, 5) is 24.4. The molecule has 0 aliphatic heterocycles. The van der Waals surface area contributed by atoms with Crippen molar-refractivity contribution in [3.05, 3.63) is 66.6 Å². The number of hydrogen-bond donors (Lipinski definition) is 3. The normalized spacial score (nSPS) is 10.2. The minimum absolute atomic E-state index is 0.0188. The third kappa shape index (κ3) is 6.24. The molecule has 0 saturated heterocycles. The van der Waals surface area contributed by atoms with Crippen LogP contribution in [0.15, 0.2) is 61.1 Å². The number of aryl methyl sites for hydroxylation is 1. The number of ether oxygens (including phenoxy) is 1. The highest BCUT2D eigenvalue weighted by molar-refractivity contribution is 5.77. The predicted octanol–water partition coefficient (Wildman–Crippen LogP) is 2.53. The molecule has 28 heavy (non-hydrogen) atoms. The number of amides is 1. The highest BCUT2D eigenvalue weighted by atomic mass is 16.5. The quantitative estimate of drug-likeness (QED) is 0.492. The first kappa shape index (κ1) is 19.1. The van der Waals surface area contributed by atoms with Crippen LogP contribution < -0.4 is 20.7 Å². The van der Waals surface area contributed by atoms with Crippen LogP contribution in [0.1, 0.15) is 5.56 Å². The SMILES string of the molecule is Cc1ccnc(Nc2cc(NCCNC(=O)COc3ccccc3)ncn2)c1. The molecule has 1 aromatic carbocycles. The van der Waals surface area contributed by atoms with Crippen molar-refractivity contribution in [2.24, 2.45) is 0 Å². The Morgan fingerprint density at radius 2 is 1.75 bits per heavy atom. The molecule has 0 saturated carbocycles. The van der Waals surface area contributed by atoms with Crippen LogP contribution in [0, 0.1) is 6.92 Å². The summed E-state index contributed by atoms with van der Waals surface area (Å²) in [5, 5.41) is 9.07. The molecule has 0 radical (unpaired) electrons. The summed E-state index contributed by atoms with van der Waals surface area (Å²) in [6.07, 6.45) is 3.20. The van der Waals surface area contributed by atoms with Crippen molar-refractivity contribution in [3.8, 4) is 5.75 Å². The van der Waals surface area contributed by atoms with Crippen molar-refractivity contribution in [2.75, 3.05) is 30.3 Å². The molecule has 0 atom stereocenters. The van der Waals surface area contributed by atoms with Gasteiger partial charge in [0.1, 0.15) is 29.5 Å². The first-order valence-electron chi connectivity index (χ1n) is 8.89. The second-order valence-electron chi connectivity index (χ2n) is 6.01. The van der Waals surface area contributed by atoms with Crippen LogP contribution in [0.4, 0.5) is 17.5 Å². The Kier molecular flexibility index (Phi) is 6.73. The van der Waals surface area contributed by atoms with Crippen molar-refractivity contribution in [1.29, 1.82) is 0 Å². The van der Waals surface area contributed by atoms with Gasteiger partial charge in [0.05, 0.1) is 0 Å². The number of carbonyl (C=O) groups excluding carboxylic acids is 1. The van der Waals surface area contributed by atoms with Gasteiger partial charge in [-0.3, -0.25) is 4.79 Å². The number of aromatic nitrogens is 3. The van der Waals surface area contributed by atoms with E-state index in [1.54, 1.807) is 12.3 Å². The highest BCUT2D eigenvalue weighted by Gasteiger charge is 2.03. The third-order valence-corrected chi connectivity index (χ3v) is 3.71. The zero-order valence-electron chi connectivity index (χ0n) is 15.6. The summed E-state index contributed by atoms with van der Waals surface area (Å²) in [5.74, 6) is 2.49. The van der Waals surface area contributed by atoms with E-state index in [0.29, 0.717) is 30.5 Å². The molecule has 2 aromatic heterocycles. The summed E-state index contributed by atoms with van der Waals surface area (Å²) in [6.45, 7) is 2.95. The first-order valence-corrected chi connectivity index (χ1v) is 8.89. The monoisotopic (exact) mass is 378 g/mol. The fourth-order valence-corrected chi connectivity index (χ4v) is 2.37. The molecule has 1 amide bonds. The molecular formula is C20H22N6O2. The molecule has 0 bridgehead atoms. The van der Waals surface area contributed by atoms with E-state index in [0.717, 1.165) is 11.4 Å². The van der Waals surface area contributed by atoms with E-state index >= 15 is 0 Å². The molecule has 3 aromatic rings.